The highest BCUT2D eigenvalue weighted by Gasteiger charge is 2.16. The van der Waals surface area contributed by atoms with Crippen LogP contribution >= 0.6 is 0 Å². The minimum Gasteiger partial charge on any atom is -0.481 e. The van der Waals surface area contributed by atoms with Crippen LogP contribution < -0.4 is 0 Å². The standard InChI is InChI=1S/C11H16N2O3/c14-11(15)4-3-9-6-12-13(7-9)8-10-2-1-5-16-10/h6-7,10H,1-5,8H2,(H,14,15)/t10-/m0/s1. The second kappa shape index (κ2) is 5.12. The lowest BCUT2D eigenvalue weighted by atomic mass is 10.2. The van der Waals surface area contributed by atoms with Crippen LogP contribution in [0, 0.1) is 0 Å². The van der Waals surface area contributed by atoms with Gasteiger partial charge in [-0.25, -0.2) is 0 Å². The Labute approximate surface area is 94.0 Å². The molecule has 16 heavy (non-hydrogen) atoms. The highest BCUT2D eigenvalue weighted by molar-refractivity contribution is 5.67. The highest BCUT2D eigenvalue weighted by Crippen LogP contribution is 2.14. The number of carbonyl (C=O) groups is 1. The molecular formula is C11H16N2O3. The van der Waals surface area contributed by atoms with Gasteiger partial charge in [0.05, 0.1) is 18.8 Å². The normalized spacial score (nSPS) is 20.1. The van der Waals surface area contributed by atoms with Crippen LogP contribution in [0.2, 0.25) is 0 Å². The first-order valence-corrected chi connectivity index (χ1v) is 5.59. The molecule has 1 aliphatic heterocycles. The quantitative estimate of drug-likeness (QED) is 0.812. The molecule has 88 valence electrons. The molecule has 2 heterocycles. The van der Waals surface area contributed by atoms with Crippen molar-refractivity contribution in [1.29, 1.82) is 0 Å². The molecule has 0 bridgehead atoms. The number of hydrogen-bond acceptors (Lipinski definition) is 3. The number of aryl methyl sites for hydroxylation is 1. The molecule has 5 heteroatoms. The molecule has 1 aliphatic rings. The number of rotatable bonds is 5. The summed E-state index contributed by atoms with van der Waals surface area (Å²) >= 11 is 0. The number of ether oxygens (including phenoxy) is 1. The van der Waals surface area contributed by atoms with E-state index in [-0.39, 0.29) is 12.5 Å². The zero-order chi connectivity index (χ0) is 11.4. The molecule has 0 unspecified atom stereocenters. The largest absolute Gasteiger partial charge is 0.481 e. The molecule has 1 N–H and O–H groups in total. The molecule has 0 saturated carbocycles. The monoisotopic (exact) mass is 224 g/mol. The highest BCUT2D eigenvalue weighted by atomic mass is 16.5. The van der Waals surface area contributed by atoms with Crippen molar-refractivity contribution in [3.05, 3.63) is 18.0 Å². The van der Waals surface area contributed by atoms with Crippen molar-refractivity contribution in [2.24, 2.45) is 0 Å². The topological polar surface area (TPSA) is 64.3 Å². The summed E-state index contributed by atoms with van der Waals surface area (Å²) in [6.45, 7) is 1.62. The van der Waals surface area contributed by atoms with Crippen LogP contribution in [0.25, 0.3) is 0 Å². The van der Waals surface area contributed by atoms with Crippen molar-refractivity contribution in [1.82, 2.24) is 9.78 Å². The van der Waals surface area contributed by atoms with E-state index in [2.05, 4.69) is 5.10 Å². The number of carboxylic acid groups (broad SMARTS) is 1. The molecule has 0 amide bonds. The lowest BCUT2D eigenvalue weighted by Crippen LogP contribution is -2.15. The van der Waals surface area contributed by atoms with Crippen LogP contribution in [-0.2, 0) is 22.5 Å². The molecule has 2 rings (SSSR count). The Kier molecular flexibility index (Phi) is 3.56. The first-order valence-electron chi connectivity index (χ1n) is 5.59. The predicted molar refractivity (Wildman–Crippen MR) is 57.2 cm³/mol. The first kappa shape index (κ1) is 11.1. The molecule has 0 spiro atoms. The molecule has 0 aromatic carbocycles. The molecule has 1 atom stereocenters. The summed E-state index contributed by atoms with van der Waals surface area (Å²) in [6, 6.07) is 0. The maximum absolute atomic E-state index is 10.4. The van der Waals surface area contributed by atoms with E-state index in [1.807, 2.05) is 10.9 Å². The third kappa shape index (κ3) is 3.06. The average molecular weight is 224 g/mol. The van der Waals surface area contributed by atoms with Crippen LogP contribution in [0.5, 0.6) is 0 Å². The van der Waals surface area contributed by atoms with E-state index in [0.717, 1.165) is 31.6 Å². The second-order valence-corrected chi connectivity index (χ2v) is 4.10. The first-order chi connectivity index (χ1) is 7.74. The molecule has 5 nitrogen and oxygen atoms in total. The number of aliphatic carboxylic acids is 1. The predicted octanol–water partition coefficient (Wildman–Crippen LogP) is 1.08. The van der Waals surface area contributed by atoms with Gasteiger partial charge in [-0.2, -0.15) is 5.10 Å². The lowest BCUT2D eigenvalue weighted by molar-refractivity contribution is -0.136. The smallest absolute Gasteiger partial charge is 0.303 e. The van der Waals surface area contributed by atoms with Gasteiger partial charge < -0.3 is 9.84 Å². The molecule has 1 fully saturated rings. The molecular weight excluding hydrogens is 208 g/mol. The molecule has 1 saturated heterocycles. The third-order valence-electron chi connectivity index (χ3n) is 2.73. The van der Waals surface area contributed by atoms with E-state index < -0.39 is 5.97 Å². The number of carboxylic acids is 1. The Morgan fingerprint density at radius 3 is 3.25 bits per heavy atom. The Bertz CT molecular complexity index is 356. The zero-order valence-electron chi connectivity index (χ0n) is 9.13. The fraction of sp³-hybridized carbons (Fsp3) is 0.636. The lowest BCUT2D eigenvalue weighted by Gasteiger charge is -2.08. The average Bonchev–Trinajstić information content (AvgIpc) is 2.87. The van der Waals surface area contributed by atoms with Gasteiger partial charge in [-0.1, -0.05) is 0 Å². The third-order valence-corrected chi connectivity index (χ3v) is 2.73. The molecule has 0 radical (unpaired) electrons. The second-order valence-electron chi connectivity index (χ2n) is 4.10. The number of aromatic nitrogens is 2. The van der Waals surface area contributed by atoms with Gasteiger partial charge in [0.15, 0.2) is 0 Å². The van der Waals surface area contributed by atoms with Crippen molar-refractivity contribution < 1.29 is 14.6 Å². The fourth-order valence-electron chi connectivity index (χ4n) is 1.88. The summed E-state index contributed by atoms with van der Waals surface area (Å²) in [4.78, 5) is 10.4. The Hall–Kier alpha value is -1.36. The van der Waals surface area contributed by atoms with E-state index >= 15 is 0 Å². The van der Waals surface area contributed by atoms with Crippen molar-refractivity contribution in [3.8, 4) is 0 Å². The summed E-state index contributed by atoms with van der Waals surface area (Å²) in [7, 11) is 0. The minimum absolute atomic E-state index is 0.158. The summed E-state index contributed by atoms with van der Waals surface area (Å²) in [5, 5.41) is 12.8. The molecule has 1 aromatic rings. The molecule has 1 aromatic heterocycles. The van der Waals surface area contributed by atoms with E-state index in [4.69, 9.17) is 9.84 Å². The van der Waals surface area contributed by atoms with Gasteiger partial charge in [-0.05, 0) is 24.8 Å². The fourth-order valence-corrected chi connectivity index (χ4v) is 1.88. The Morgan fingerprint density at radius 1 is 1.69 bits per heavy atom. The van der Waals surface area contributed by atoms with Crippen molar-refractivity contribution in [2.75, 3.05) is 6.61 Å². The number of nitrogens with zero attached hydrogens (tertiary/aromatic N) is 2. The Balaban J connectivity index is 1.84. The maximum atomic E-state index is 10.4. The van der Waals surface area contributed by atoms with Crippen LogP contribution in [-0.4, -0.2) is 33.6 Å². The zero-order valence-corrected chi connectivity index (χ0v) is 9.13. The van der Waals surface area contributed by atoms with E-state index in [9.17, 15) is 4.79 Å². The van der Waals surface area contributed by atoms with E-state index in [0.29, 0.717) is 6.42 Å². The van der Waals surface area contributed by atoms with Gasteiger partial charge in [0.1, 0.15) is 0 Å². The van der Waals surface area contributed by atoms with Gasteiger partial charge in [0.25, 0.3) is 0 Å². The van der Waals surface area contributed by atoms with Gasteiger partial charge >= 0.3 is 5.97 Å². The van der Waals surface area contributed by atoms with Crippen molar-refractivity contribution in [3.63, 3.8) is 0 Å². The summed E-state index contributed by atoms with van der Waals surface area (Å²) in [5.41, 5.74) is 0.973. The van der Waals surface area contributed by atoms with Gasteiger partial charge in [0.2, 0.25) is 0 Å². The van der Waals surface area contributed by atoms with Gasteiger partial charge in [0, 0.05) is 19.2 Å². The summed E-state index contributed by atoms with van der Waals surface area (Å²) in [6.07, 6.45) is 6.82. The van der Waals surface area contributed by atoms with Crippen molar-refractivity contribution in [2.45, 2.75) is 38.3 Å². The van der Waals surface area contributed by atoms with Crippen LogP contribution in [0.3, 0.4) is 0 Å². The van der Waals surface area contributed by atoms with Crippen LogP contribution in [0.15, 0.2) is 12.4 Å². The van der Waals surface area contributed by atoms with E-state index in [1.54, 1.807) is 6.20 Å². The van der Waals surface area contributed by atoms with Gasteiger partial charge in [-0.15, -0.1) is 0 Å². The van der Waals surface area contributed by atoms with Crippen LogP contribution in [0.4, 0.5) is 0 Å². The maximum Gasteiger partial charge on any atom is 0.303 e. The van der Waals surface area contributed by atoms with E-state index in [1.165, 1.54) is 0 Å². The minimum atomic E-state index is -0.771. The Morgan fingerprint density at radius 2 is 2.56 bits per heavy atom. The van der Waals surface area contributed by atoms with Crippen molar-refractivity contribution >= 4 is 5.97 Å². The number of hydrogen-bond donors (Lipinski definition) is 1. The van der Waals surface area contributed by atoms with Crippen LogP contribution in [0.1, 0.15) is 24.8 Å². The SMILES string of the molecule is O=C(O)CCc1cnn(C[C@@H]2CCCO2)c1. The van der Waals surface area contributed by atoms with Gasteiger partial charge in [-0.3, -0.25) is 9.48 Å². The summed E-state index contributed by atoms with van der Waals surface area (Å²) < 4.78 is 7.35. The molecule has 0 aliphatic carbocycles. The summed E-state index contributed by atoms with van der Waals surface area (Å²) in [5.74, 6) is -0.771.